The van der Waals surface area contributed by atoms with Crippen molar-refractivity contribution < 1.29 is 9.67 Å². The maximum atomic E-state index is 8.84. The topological polar surface area (TPSA) is 29.0 Å². The molecule has 0 saturated carbocycles. The highest BCUT2D eigenvalue weighted by Crippen LogP contribution is 2.10. The minimum absolute atomic E-state index is 0.183. The van der Waals surface area contributed by atoms with Crippen LogP contribution < -0.4 is 4.57 Å². The maximum absolute atomic E-state index is 8.84. The Labute approximate surface area is 76.9 Å². The van der Waals surface area contributed by atoms with E-state index < -0.39 is 0 Å². The molecule has 1 N–H and O–H groups in total. The molecular formula is C10H13N2O+. The number of pyridine rings is 1. The molecule has 2 aromatic heterocycles. The van der Waals surface area contributed by atoms with Crippen LogP contribution in [0.5, 0.6) is 0 Å². The van der Waals surface area contributed by atoms with E-state index in [9.17, 15) is 0 Å². The number of aryl methyl sites for hydroxylation is 1. The summed E-state index contributed by atoms with van der Waals surface area (Å²) in [4.78, 5) is 0. The minimum atomic E-state index is 0.183. The number of aromatic nitrogens is 2. The summed E-state index contributed by atoms with van der Waals surface area (Å²) in [5, 5.41) is 8.84. The Morgan fingerprint density at radius 3 is 3.08 bits per heavy atom. The maximum Gasteiger partial charge on any atom is 0.230 e. The summed E-state index contributed by atoms with van der Waals surface area (Å²) in [6.45, 7) is 0.843. The van der Waals surface area contributed by atoms with E-state index in [1.165, 1.54) is 11.0 Å². The Kier molecular flexibility index (Phi) is 2.02. The summed E-state index contributed by atoms with van der Waals surface area (Å²) in [5.74, 6) is 0. The Morgan fingerprint density at radius 2 is 2.31 bits per heavy atom. The highest BCUT2D eigenvalue weighted by Gasteiger charge is 2.07. The van der Waals surface area contributed by atoms with Crippen molar-refractivity contribution in [2.45, 2.75) is 6.54 Å². The third-order valence-electron chi connectivity index (χ3n) is 2.27. The van der Waals surface area contributed by atoms with Gasteiger partial charge in [0.15, 0.2) is 6.20 Å². The lowest BCUT2D eigenvalue weighted by Crippen LogP contribution is -2.27. The lowest BCUT2D eigenvalue weighted by atomic mass is 10.4. The van der Waals surface area contributed by atoms with Crippen LogP contribution in [0.3, 0.4) is 0 Å². The van der Waals surface area contributed by atoms with Gasteiger partial charge in [0.2, 0.25) is 5.52 Å². The van der Waals surface area contributed by atoms with Crippen LogP contribution >= 0.6 is 0 Å². The Bertz CT molecular complexity index is 420. The van der Waals surface area contributed by atoms with Crippen molar-refractivity contribution in [2.75, 3.05) is 6.61 Å². The molecule has 0 aromatic carbocycles. The molecule has 0 saturated heterocycles. The van der Waals surface area contributed by atoms with Crippen molar-refractivity contribution in [1.82, 2.24) is 4.57 Å². The van der Waals surface area contributed by atoms with Crippen molar-refractivity contribution in [2.24, 2.45) is 7.05 Å². The third kappa shape index (κ3) is 1.31. The Hall–Kier alpha value is -1.35. The van der Waals surface area contributed by atoms with Gasteiger partial charge in [-0.05, 0) is 6.07 Å². The summed E-state index contributed by atoms with van der Waals surface area (Å²) in [6, 6.07) is 6.13. The number of aliphatic hydroxyl groups is 1. The third-order valence-corrected chi connectivity index (χ3v) is 2.27. The molecule has 68 valence electrons. The first kappa shape index (κ1) is 8.26. The fourth-order valence-electron chi connectivity index (χ4n) is 1.60. The van der Waals surface area contributed by atoms with E-state index in [-0.39, 0.29) is 6.61 Å². The number of hydrogen-bond donors (Lipinski definition) is 1. The lowest BCUT2D eigenvalue weighted by molar-refractivity contribution is -0.644. The van der Waals surface area contributed by atoms with Crippen molar-refractivity contribution in [3.8, 4) is 0 Å². The van der Waals surface area contributed by atoms with Crippen LogP contribution in [0, 0.1) is 0 Å². The second-order valence-electron chi connectivity index (χ2n) is 3.12. The van der Waals surface area contributed by atoms with Crippen LogP contribution in [0.15, 0.2) is 30.6 Å². The molecule has 3 heteroatoms. The Morgan fingerprint density at radius 1 is 1.46 bits per heavy atom. The van der Waals surface area contributed by atoms with E-state index in [0.717, 1.165) is 0 Å². The predicted octanol–water partition coefficient (Wildman–Crippen LogP) is 0.458. The monoisotopic (exact) mass is 177 g/mol. The average molecular weight is 177 g/mol. The average Bonchev–Trinajstić information content (AvgIpc) is 2.51. The zero-order valence-corrected chi connectivity index (χ0v) is 7.64. The van der Waals surface area contributed by atoms with Gasteiger partial charge >= 0.3 is 0 Å². The lowest BCUT2D eigenvalue weighted by Gasteiger charge is -1.99. The van der Waals surface area contributed by atoms with Gasteiger partial charge in [0, 0.05) is 24.9 Å². The van der Waals surface area contributed by atoms with Crippen LogP contribution in [-0.4, -0.2) is 16.3 Å². The molecule has 0 unspecified atom stereocenters. The SMILES string of the molecule is C[n+]1cccc2c1ccn2CCO. The summed E-state index contributed by atoms with van der Waals surface area (Å²) in [5.41, 5.74) is 2.36. The highest BCUT2D eigenvalue weighted by molar-refractivity contribution is 5.72. The molecule has 0 aliphatic heterocycles. The fourth-order valence-corrected chi connectivity index (χ4v) is 1.60. The van der Waals surface area contributed by atoms with E-state index in [4.69, 9.17) is 5.11 Å². The zero-order valence-electron chi connectivity index (χ0n) is 7.64. The van der Waals surface area contributed by atoms with Crippen LogP contribution in [0.2, 0.25) is 0 Å². The molecule has 0 radical (unpaired) electrons. The van der Waals surface area contributed by atoms with Crippen molar-refractivity contribution >= 4 is 11.0 Å². The molecule has 2 aromatic rings. The minimum Gasteiger partial charge on any atom is -0.395 e. The van der Waals surface area contributed by atoms with Gasteiger partial charge in [-0.1, -0.05) is 0 Å². The zero-order chi connectivity index (χ0) is 9.26. The van der Waals surface area contributed by atoms with Gasteiger partial charge in [0.25, 0.3) is 0 Å². The normalized spacial score (nSPS) is 10.9. The van der Waals surface area contributed by atoms with Gasteiger partial charge < -0.3 is 9.67 Å². The molecule has 0 fully saturated rings. The van der Waals surface area contributed by atoms with Gasteiger partial charge in [-0.2, -0.15) is 4.57 Å². The molecule has 2 rings (SSSR count). The van der Waals surface area contributed by atoms with E-state index in [0.29, 0.717) is 6.54 Å². The number of hydrogen-bond acceptors (Lipinski definition) is 1. The summed E-state index contributed by atoms with van der Waals surface area (Å²) < 4.78 is 4.12. The summed E-state index contributed by atoms with van der Waals surface area (Å²) >= 11 is 0. The fraction of sp³-hybridized carbons (Fsp3) is 0.300. The Balaban J connectivity index is 2.61. The largest absolute Gasteiger partial charge is 0.395 e. The van der Waals surface area contributed by atoms with Crippen LogP contribution in [-0.2, 0) is 13.6 Å². The second-order valence-corrected chi connectivity index (χ2v) is 3.12. The summed E-state index contributed by atoms with van der Waals surface area (Å²) in [6.07, 6.45) is 4.02. The molecule has 0 spiro atoms. The number of rotatable bonds is 2. The van der Waals surface area contributed by atoms with Crippen LogP contribution in [0.25, 0.3) is 11.0 Å². The molecule has 0 atom stereocenters. The molecule has 3 nitrogen and oxygen atoms in total. The summed E-state index contributed by atoms with van der Waals surface area (Å²) in [7, 11) is 2.02. The molecule has 0 aliphatic rings. The number of aliphatic hydroxyl groups excluding tert-OH is 1. The molecular weight excluding hydrogens is 164 g/mol. The predicted molar refractivity (Wildman–Crippen MR) is 50.2 cm³/mol. The van der Waals surface area contributed by atoms with Gasteiger partial charge in [-0.15, -0.1) is 0 Å². The highest BCUT2D eigenvalue weighted by atomic mass is 16.3. The van der Waals surface area contributed by atoms with Crippen molar-refractivity contribution in [3.63, 3.8) is 0 Å². The van der Waals surface area contributed by atoms with Crippen molar-refractivity contribution in [1.29, 1.82) is 0 Å². The smallest absolute Gasteiger partial charge is 0.230 e. The first-order chi connectivity index (χ1) is 6.33. The van der Waals surface area contributed by atoms with Crippen molar-refractivity contribution in [3.05, 3.63) is 30.6 Å². The molecule has 13 heavy (non-hydrogen) atoms. The van der Waals surface area contributed by atoms with E-state index in [2.05, 4.69) is 21.3 Å². The molecule has 0 amide bonds. The van der Waals surface area contributed by atoms with E-state index >= 15 is 0 Å². The number of nitrogens with zero attached hydrogens (tertiary/aromatic N) is 2. The van der Waals surface area contributed by atoms with Gasteiger partial charge in [0.05, 0.1) is 6.61 Å². The number of fused-ring (bicyclic) bond motifs is 1. The molecule has 0 aliphatic carbocycles. The van der Waals surface area contributed by atoms with Gasteiger partial charge in [-0.25, -0.2) is 0 Å². The first-order valence-electron chi connectivity index (χ1n) is 4.37. The van der Waals surface area contributed by atoms with Gasteiger partial charge in [0.1, 0.15) is 12.6 Å². The van der Waals surface area contributed by atoms with Gasteiger partial charge in [-0.3, -0.25) is 0 Å². The quantitative estimate of drug-likeness (QED) is 0.663. The first-order valence-corrected chi connectivity index (χ1v) is 4.37. The van der Waals surface area contributed by atoms with Crippen LogP contribution in [0.1, 0.15) is 0 Å². The molecule has 2 heterocycles. The second kappa shape index (κ2) is 3.18. The van der Waals surface area contributed by atoms with E-state index in [1.54, 1.807) is 0 Å². The standard InChI is InChI=1S/C10H13N2O/c1-11-5-2-3-10-9(11)4-6-12(10)7-8-13/h2-6,13H,7-8H2,1H3/q+1. The van der Waals surface area contributed by atoms with Crippen LogP contribution in [0.4, 0.5) is 0 Å². The molecule has 0 bridgehead atoms. The van der Waals surface area contributed by atoms with E-state index in [1.807, 2.05) is 25.5 Å².